The van der Waals surface area contributed by atoms with Crippen LogP contribution in [0.5, 0.6) is 0 Å². The van der Waals surface area contributed by atoms with E-state index in [-0.39, 0.29) is 5.41 Å². The van der Waals surface area contributed by atoms with Gasteiger partial charge in [0.25, 0.3) is 0 Å². The molecule has 0 radical (unpaired) electrons. The summed E-state index contributed by atoms with van der Waals surface area (Å²) in [5.41, 5.74) is 10.1. The van der Waals surface area contributed by atoms with Crippen LogP contribution in [0.3, 0.4) is 0 Å². The van der Waals surface area contributed by atoms with Gasteiger partial charge in [0.05, 0.1) is 28.1 Å². The molecule has 0 unspecified atom stereocenters. The van der Waals surface area contributed by atoms with Gasteiger partial charge in [-0.2, -0.15) is 0 Å². The molecular formula is C39H27N3S. The maximum Gasteiger partial charge on any atom is 0.160 e. The molecule has 1 aliphatic heterocycles. The van der Waals surface area contributed by atoms with Gasteiger partial charge in [-0.1, -0.05) is 111 Å². The largest absolute Gasteiger partial charge is 0.307 e. The number of nitrogens with zero attached hydrogens (tertiary/aromatic N) is 3. The number of aromatic nitrogens is 3. The summed E-state index contributed by atoms with van der Waals surface area (Å²) in [5, 5.41) is 3.81. The number of thiophene rings is 1. The minimum atomic E-state index is -0.0938. The van der Waals surface area contributed by atoms with E-state index in [1.54, 1.807) is 0 Å². The highest BCUT2D eigenvalue weighted by Gasteiger charge is 2.37. The van der Waals surface area contributed by atoms with E-state index in [0.29, 0.717) is 0 Å². The first-order valence-corrected chi connectivity index (χ1v) is 15.5. The van der Waals surface area contributed by atoms with Gasteiger partial charge < -0.3 is 4.57 Å². The van der Waals surface area contributed by atoms with Crippen LogP contribution in [0, 0.1) is 0 Å². The van der Waals surface area contributed by atoms with Crippen molar-refractivity contribution in [3.8, 4) is 39.6 Å². The van der Waals surface area contributed by atoms with E-state index in [4.69, 9.17) is 9.97 Å². The van der Waals surface area contributed by atoms with Crippen molar-refractivity contribution in [2.45, 2.75) is 19.3 Å². The molecule has 0 saturated heterocycles. The second-order valence-electron chi connectivity index (χ2n) is 11.9. The quantitative estimate of drug-likeness (QED) is 0.212. The van der Waals surface area contributed by atoms with Gasteiger partial charge in [0.1, 0.15) is 0 Å². The lowest BCUT2D eigenvalue weighted by Crippen LogP contribution is -2.24. The molecular weight excluding hydrogens is 543 g/mol. The molecule has 1 aliphatic rings. The van der Waals surface area contributed by atoms with E-state index in [9.17, 15) is 0 Å². The molecule has 4 heteroatoms. The first-order valence-electron chi connectivity index (χ1n) is 14.7. The Balaban J connectivity index is 1.33. The third kappa shape index (κ3) is 3.54. The number of para-hydroxylation sites is 1. The zero-order valence-corrected chi connectivity index (χ0v) is 24.7. The van der Waals surface area contributed by atoms with Crippen LogP contribution >= 0.6 is 11.3 Å². The van der Waals surface area contributed by atoms with Crippen molar-refractivity contribution >= 4 is 43.2 Å². The van der Waals surface area contributed by atoms with Gasteiger partial charge in [-0.15, -0.1) is 11.3 Å². The average molecular weight is 570 g/mol. The van der Waals surface area contributed by atoms with Gasteiger partial charge in [-0.25, -0.2) is 9.97 Å². The van der Waals surface area contributed by atoms with Gasteiger partial charge in [0, 0.05) is 47.8 Å². The first kappa shape index (κ1) is 24.5. The summed E-state index contributed by atoms with van der Waals surface area (Å²) >= 11 is 1.92. The molecule has 3 nitrogen and oxygen atoms in total. The number of fused-ring (bicyclic) bond motifs is 7. The molecule has 204 valence electrons. The summed E-state index contributed by atoms with van der Waals surface area (Å²) in [6, 6.07) is 45.2. The molecule has 0 spiro atoms. The summed E-state index contributed by atoms with van der Waals surface area (Å²) in [6.07, 6.45) is 0. The van der Waals surface area contributed by atoms with E-state index < -0.39 is 0 Å². The van der Waals surface area contributed by atoms with E-state index in [1.165, 1.54) is 48.0 Å². The van der Waals surface area contributed by atoms with Crippen molar-refractivity contribution in [2.75, 3.05) is 0 Å². The van der Waals surface area contributed by atoms with Crippen molar-refractivity contribution < 1.29 is 0 Å². The lowest BCUT2D eigenvalue weighted by molar-refractivity contribution is 0.647. The second-order valence-corrected chi connectivity index (χ2v) is 12.9. The molecule has 0 bridgehead atoms. The fraction of sp³-hybridized carbons (Fsp3) is 0.0769. The summed E-state index contributed by atoms with van der Waals surface area (Å²) in [4.78, 5) is 11.7. The normalized spacial score (nSPS) is 13.5. The smallest absolute Gasteiger partial charge is 0.160 e. The van der Waals surface area contributed by atoms with Crippen LogP contribution in [0.15, 0.2) is 127 Å². The third-order valence-electron chi connectivity index (χ3n) is 8.94. The summed E-state index contributed by atoms with van der Waals surface area (Å²) in [6.45, 7) is 4.74. The molecule has 0 atom stereocenters. The summed E-state index contributed by atoms with van der Waals surface area (Å²) in [7, 11) is 0. The zero-order valence-electron chi connectivity index (χ0n) is 23.9. The van der Waals surface area contributed by atoms with E-state index >= 15 is 0 Å². The molecule has 8 aromatic rings. The Labute approximate surface area is 253 Å². The SMILES string of the molecule is CC1(C)c2sc3ccccc3c2-n2c3ccc(-c4nc(-c5ccccc5)cc(-c5ccccc5)n4)cc3c3cccc1c32. The van der Waals surface area contributed by atoms with Crippen molar-refractivity contribution in [3.63, 3.8) is 0 Å². The van der Waals surface area contributed by atoms with Gasteiger partial charge in [-0.05, 0) is 35.9 Å². The molecule has 0 fully saturated rings. The Morgan fingerprint density at radius 2 is 1.23 bits per heavy atom. The molecule has 0 aliphatic carbocycles. The van der Waals surface area contributed by atoms with E-state index in [2.05, 4.69) is 134 Å². The van der Waals surface area contributed by atoms with Crippen LogP contribution in [-0.4, -0.2) is 14.5 Å². The lowest BCUT2D eigenvalue weighted by Gasteiger charge is -2.32. The summed E-state index contributed by atoms with van der Waals surface area (Å²) in [5.74, 6) is 0.732. The number of hydrogen-bond donors (Lipinski definition) is 0. The van der Waals surface area contributed by atoms with Gasteiger partial charge in [0.2, 0.25) is 0 Å². The van der Waals surface area contributed by atoms with Crippen LogP contribution in [0.1, 0.15) is 24.3 Å². The van der Waals surface area contributed by atoms with Crippen LogP contribution in [-0.2, 0) is 5.41 Å². The Morgan fingerprint density at radius 3 is 1.95 bits per heavy atom. The lowest BCUT2D eigenvalue weighted by atomic mass is 9.79. The van der Waals surface area contributed by atoms with Crippen LogP contribution < -0.4 is 0 Å². The number of hydrogen-bond acceptors (Lipinski definition) is 3. The molecule has 5 aromatic carbocycles. The zero-order chi connectivity index (χ0) is 28.7. The fourth-order valence-corrected chi connectivity index (χ4v) is 8.14. The van der Waals surface area contributed by atoms with Crippen molar-refractivity contribution in [2.24, 2.45) is 0 Å². The van der Waals surface area contributed by atoms with Gasteiger partial charge >= 0.3 is 0 Å². The molecule has 3 aromatic heterocycles. The maximum atomic E-state index is 5.12. The first-order chi connectivity index (χ1) is 21.1. The third-order valence-corrected chi connectivity index (χ3v) is 10.4. The Hall–Kier alpha value is -5.06. The van der Waals surface area contributed by atoms with Gasteiger partial charge in [0.15, 0.2) is 5.82 Å². The predicted molar refractivity (Wildman–Crippen MR) is 180 cm³/mol. The number of rotatable bonds is 3. The highest BCUT2D eigenvalue weighted by atomic mass is 32.1. The van der Waals surface area contributed by atoms with Crippen molar-refractivity contribution in [1.29, 1.82) is 0 Å². The molecule has 0 amide bonds. The summed E-state index contributed by atoms with van der Waals surface area (Å²) < 4.78 is 3.85. The Morgan fingerprint density at radius 1 is 0.581 bits per heavy atom. The second kappa shape index (κ2) is 8.97. The molecule has 9 rings (SSSR count). The minimum Gasteiger partial charge on any atom is -0.307 e. The standard InChI is InChI=1S/C39H27N3S/c1-39(2)30-18-11-17-27-29-22-26(20-21-33(29)42(35(27)30)36-28-16-9-10-19-34(28)43-37(36)39)38-40-31(24-12-5-3-6-13-24)23-32(41-38)25-14-7-4-8-15-25/h3-23H,1-2H3. The van der Waals surface area contributed by atoms with Gasteiger partial charge in [-0.3, -0.25) is 0 Å². The topological polar surface area (TPSA) is 30.7 Å². The molecule has 4 heterocycles. The monoisotopic (exact) mass is 569 g/mol. The molecule has 0 N–H and O–H groups in total. The highest BCUT2D eigenvalue weighted by Crippen LogP contribution is 2.52. The Kier molecular flexibility index (Phi) is 5.12. The minimum absolute atomic E-state index is 0.0938. The molecule has 0 saturated carbocycles. The highest BCUT2D eigenvalue weighted by molar-refractivity contribution is 7.19. The van der Waals surface area contributed by atoms with Crippen LogP contribution in [0.4, 0.5) is 0 Å². The van der Waals surface area contributed by atoms with Crippen LogP contribution in [0.2, 0.25) is 0 Å². The van der Waals surface area contributed by atoms with Crippen molar-refractivity contribution in [3.05, 3.63) is 138 Å². The fourth-order valence-electron chi connectivity index (χ4n) is 6.83. The van der Waals surface area contributed by atoms with Crippen molar-refractivity contribution in [1.82, 2.24) is 14.5 Å². The van der Waals surface area contributed by atoms with Crippen LogP contribution in [0.25, 0.3) is 71.5 Å². The molecule has 43 heavy (non-hydrogen) atoms. The maximum absolute atomic E-state index is 5.12. The average Bonchev–Trinajstić information content (AvgIpc) is 3.61. The van der Waals surface area contributed by atoms with E-state index in [0.717, 1.165) is 33.9 Å². The number of benzene rings is 5. The predicted octanol–water partition coefficient (Wildman–Crippen LogP) is 10.4. The van der Waals surface area contributed by atoms with E-state index in [1.807, 2.05) is 23.5 Å². The Bertz CT molecular complexity index is 2300.